The predicted octanol–water partition coefficient (Wildman–Crippen LogP) is 4.01. The summed E-state index contributed by atoms with van der Waals surface area (Å²) in [5.74, 6) is 0.787. The summed E-state index contributed by atoms with van der Waals surface area (Å²) in [7, 11) is 3.31. The fraction of sp³-hybridized carbons (Fsp3) is 0.273. The molecular weight excluding hydrogens is 450 g/mol. The summed E-state index contributed by atoms with van der Waals surface area (Å²) >= 11 is 7.34. The number of hydrogen-bond donors (Lipinski definition) is 2. The van der Waals surface area contributed by atoms with E-state index in [1.54, 1.807) is 30.9 Å². The molecule has 2 N–H and O–H groups in total. The van der Waals surface area contributed by atoms with Crippen molar-refractivity contribution in [2.24, 2.45) is 7.05 Å². The number of hydrogen-bond acceptors (Lipinski definition) is 6. The summed E-state index contributed by atoms with van der Waals surface area (Å²) in [6.45, 7) is 3.83. The maximum Gasteiger partial charge on any atom is 0.234 e. The minimum Gasteiger partial charge on any atom is -0.495 e. The van der Waals surface area contributed by atoms with Gasteiger partial charge in [0.15, 0.2) is 5.16 Å². The number of nitrogens with zero attached hydrogens (tertiary/aromatic N) is 3. The molecule has 2 aromatic carbocycles. The van der Waals surface area contributed by atoms with E-state index in [9.17, 15) is 9.59 Å². The molecule has 0 spiro atoms. The molecule has 0 aliphatic carbocycles. The van der Waals surface area contributed by atoms with Gasteiger partial charge in [0, 0.05) is 17.8 Å². The van der Waals surface area contributed by atoms with E-state index < -0.39 is 0 Å². The average Bonchev–Trinajstić information content (AvgIpc) is 3.08. The summed E-state index contributed by atoms with van der Waals surface area (Å²) in [6.07, 6.45) is 0.0439. The topological polar surface area (TPSA) is 98.1 Å². The van der Waals surface area contributed by atoms with Crippen molar-refractivity contribution >= 4 is 46.6 Å². The molecule has 0 saturated heterocycles. The second-order valence-electron chi connectivity index (χ2n) is 7.19. The SMILES string of the molecule is COc1ccc(C)cc1NC(=O)CSc1nnc(CC(=O)Nc2ccc(C)c(Cl)c2)n1C. The molecule has 0 bridgehead atoms. The Hall–Kier alpha value is -3.04. The summed E-state index contributed by atoms with van der Waals surface area (Å²) < 4.78 is 6.99. The number of rotatable bonds is 8. The lowest BCUT2D eigenvalue weighted by molar-refractivity contribution is -0.116. The fourth-order valence-electron chi connectivity index (χ4n) is 2.88. The molecular formula is C22H24ClN5O3S. The Balaban J connectivity index is 1.56. The van der Waals surface area contributed by atoms with Crippen LogP contribution in [0.25, 0.3) is 0 Å². The number of aryl methyl sites for hydroxylation is 2. The molecule has 0 radical (unpaired) electrons. The molecule has 0 atom stereocenters. The molecule has 2 amide bonds. The average molecular weight is 474 g/mol. The summed E-state index contributed by atoms with van der Waals surface area (Å²) in [5, 5.41) is 15.0. The van der Waals surface area contributed by atoms with E-state index in [4.69, 9.17) is 16.3 Å². The Kier molecular flexibility index (Phi) is 7.76. The first-order valence-corrected chi connectivity index (χ1v) is 11.1. The summed E-state index contributed by atoms with van der Waals surface area (Å²) in [6, 6.07) is 10.9. The second-order valence-corrected chi connectivity index (χ2v) is 8.54. The van der Waals surface area contributed by atoms with E-state index >= 15 is 0 Å². The smallest absolute Gasteiger partial charge is 0.234 e. The molecule has 0 aliphatic heterocycles. The first kappa shape index (κ1) is 23.6. The number of methoxy groups -OCH3 is 1. The third-order valence-electron chi connectivity index (χ3n) is 4.66. The lowest BCUT2D eigenvalue weighted by Crippen LogP contribution is -2.17. The van der Waals surface area contributed by atoms with Crippen molar-refractivity contribution in [3.63, 3.8) is 0 Å². The molecule has 0 aliphatic rings. The first-order valence-electron chi connectivity index (χ1n) is 9.78. The van der Waals surface area contributed by atoms with Gasteiger partial charge < -0.3 is 19.9 Å². The van der Waals surface area contributed by atoms with Crippen molar-refractivity contribution in [2.75, 3.05) is 23.5 Å². The van der Waals surface area contributed by atoms with Gasteiger partial charge in [-0.05, 0) is 49.2 Å². The largest absolute Gasteiger partial charge is 0.495 e. The predicted molar refractivity (Wildman–Crippen MR) is 127 cm³/mol. The van der Waals surface area contributed by atoms with E-state index in [2.05, 4.69) is 20.8 Å². The Labute approximate surface area is 195 Å². The van der Waals surface area contributed by atoms with E-state index in [1.807, 2.05) is 38.1 Å². The van der Waals surface area contributed by atoms with Crippen LogP contribution in [0.1, 0.15) is 17.0 Å². The van der Waals surface area contributed by atoms with Crippen LogP contribution in [0.3, 0.4) is 0 Å². The molecule has 0 unspecified atom stereocenters. The molecule has 10 heteroatoms. The van der Waals surface area contributed by atoms with Gasteiger partial charge in [0.1, 0.15) is 11.6 Å². The zero-order valence-electron chi connectivity index (χ0n) is 18.2. The fourth-order valence-corrected chi connectivity index (χ4v) is 3.79. The molecule has 0 saturated carbocycles. The highest BCUT2D eigenvalue weighted by molar-refractivity contribution is 7.99. The molecule has 3 aromatic rings. The number of ether oxygens (including phenoxy) is 1. The highest BCUT2D eigenvalue weighted by Gasteiger charge is 2.15. The number of carbonyl (C=O) groups excluding carboxylic acids is 2. The maximum absolute atomic E-state index is 12.4. The molecule has 1 heterocycles. The number of nitrogens with one attached hydrogen (secondary N) is 2. The number of halogens is 1. The van der Waals surface area contributed by atoms with Gasteiger partial charge in [-0.3, -0.25) is 9.59 Å². The standard InChI is InChI=1S/C22H24ClN5O3S/c1-13-5-8-18(31-4)17(9-13)25-21(30)12-32-22-27-26-19(28(22)3)11-20(29)24-15-7-6-14(2)16(23)10-15/h5-10H,11-12H2,1-4H3,(H,24,29)(H,25,30). The minimum atomic E-state index is -0.235. The number of benzene rings is 2. The zero-order valence-corrected chi connectivity index (χ0v) is 19.8. The van der Waals surface area contributed by atoms with Crippen LogP contribution in [0.5, 0.6) is 5.75 Å². The molecule has 0 fully saturated rings. The number of thioether (sulfide) groups is 1. The van der Waals surface area contributed by atoms with Crippen molar-refractivity contribution in [3.8, 4) is 5.75 Å². The van der Waals surface area contributed by atoms with Crippen LogP contribution in [0.2, 0.25) is 5.02 Å². The highest BCUT2D eigenvalue weighted by atomic mass is 35.5. The number of aromatic nitrogens is 3. The molecule has 3 rings (SSSR count). The van der Waals surface area contributed by atoms with Crippen LogP contribution in [-0.4, -0.2) is 39.4 Å². The van der Waals surface area contributed by atoms with Gasteiger partial charge in [-0.15, -0.1) is 10.2 Å². The van der Waals surface area contributed by atoms with Gasteiger partial charge in [0.2, 0.25) is 11.8 Å². The van der Waals surface area contributed by atoms with Crippen molar-refractivity contribution in [2.45, 2.75) is 25.4 Å². The minimum absolute atomic E-state index is 0.0439. The van der Waals surface area contributed by atoms with Gasteiger partial charge in [0.05, 0.1) is 25.0 Å². The van der Waals surface area contributed by atoms with Crippen molar-refractivity contribution in [1.29, 1.82) is 0 Å². The van der Waals surface area contributed by atoms with Crippen LogP contribution in [-0.2, 0) is 23.1 Å². The number of carbonyl (C=O) groups is 2. The Morgan fingerprint density at radius 3 is 2.59 bits per heavy atom. The molecule has 8 nitrogen and oxygen atoms in total. The van der Waals surface area contributed by atoms with E-state index in [0.717, 1.165) is 11.1 Å². The van der Waals surface area contributed by atoms with Crippen molar-refractivity contribution in [3.05, 3.63) is 58.4 Å². The second kappa shape index (κ2) is 10.5. The first-order chi connectivity index (χ1) is 15.3. The Bertz CT molecular complexity index is 1150. The van der Waals surface area contributed by atoms with Crippen molar-refractivity contribution < 1.29 is 14.3 Å². The van der Waals surface area contributed by atoms with Gasteiger partial charge in [-0.25, -0.2) is 0 Å². The monoisotopic (exact) mass is 473 g/mol. The van der Waals surface area contributed by atoms with E-state index in [-0.39, 0.29) is 24.0 Å². The Morgan fingerprint density at radius 2 is 1.88 bits per heavy atom. The van der Waals surface area contributed by atoms with E-state index in [1.165, 1.54) is 11.8 Å². The number of anilines is 2. The Morgan fingerprint density at radius 1 is 1.09 bits per heavy atom. The maximum atomic E-state index is 12.4. The van der Waals surface area contributed by atoms with Crippen LogP contribution >= 0.6 is 23.4 Å². The van der Waals surface area contributed by atoms with Crippen LogP contribution < -0.4 is 15.4 Å². The zero-order chi connectivity index (χ0) is 23.3. The highest BCUT2D eigenvalue weighted by Crippen LogP contribution is 2.26. The van der Waals surface area contributed by atoms with Gasteiger partial charge in [-0.2, -0.15) is 0 Å². The van der Waals surface area contributed by atoms with Crippen molar-refractivity contribution in [1.82, 2.24) is 14.8 Å². The quantitative estimate of drug-likeness (QED) is 0.480. The van der Waals surface area contributed by atoms with Crippen LogP contribution in [0.15, 0.2) is 41.6 Å². The number of amides is 2. The van der Waals surface area contributed by atoms with Gasteiger partial charge in [-0.1, -0.05) is 35.5 Å². The third kappa shape index (κ3) is 6.02. The van der Waals surface area contributed by atoms with Crippen LogP contribution in [0, 0.1) is 13.8 Å². The molecule has 168 valence electrons. The lowest BCUT2D eigenvalue weighted by Gasteiger charge is -2.11. The van der Waals surface area contributed by atoms with Crippen LogP contribution in [0.4, 0.5) is 11.4 Å². The third-order valence-corrected chi connectivity index (χ3v) is 6.09. The summed E-state index contributed by atoms with van der Waals surface area (Å²) in [4.78, 5) is 24.8. The van der Waals surface area contributed by atoms with Gasteiger partial charge >= 0.3 is 0 Å². The lowest BCUT2D eigenvalue weighted by atomic mass is 10.2. The van der Waals surface area contributed by atoms with E-state index in [0.29, 0.717) is 33.1 Å². The molecule has 32 heavy (non-hydrogen) atoms. The normalized spacial score (nSPS) is 10.7. The molecule has 1 aromatic heterocycles. The summed E-state index contributed by atoms with van der Waals surface area (Å²) in [5.41, 5.74) is 3.18. The van der Waals surface area contributed by atoms with Gasteiger partial charge in [0.25, 0.3) is 0 Å².